The molecular formula is C14H24N2O3. The van der Waals surface area contributed by atoms with Crippen molar-refractivity contribution >= 4 is 11.8 Å². The predicted octanol–water partition coefficient (Wildman–Crippen LogP) is 0.642. The predicted molar refractivity (Wildman–Crippen MR) is 71.4 cm³/mol. The molecule has 2 fully saturated rings. The summed E-state index contributed by atoms with van der Waals surface area (Å²) in [5.41, 5.74) is 0. The van der Waals surface area contributed by atoms with Crippen molar-refractivity contribution in [3.8, 4) is 0 Å². The lowest BCUT2D eigenvalue weighted by molar-refractivity contribution is -0.128. The fourth-order valence-corrected chi connectivity index (χ4v) is 3.03. The average Bonchev–Trinajstić information content (AvgIpc) is 2.94. The normalized spacial score (nSPS) is 31.3. The van der Waals surface area contributed by atoms with Crippen LogP contribution in [0.1, 0.15) is 26.7 Å². The molecule has 0 aromatic rings. The minimum atomic E-state index is -0.183. The molecule has 2 heterocycles. The van der Waals surface area contributed by atoms with Crippen LogP contribution in [0.25, 0.3) is 0 Å². The van der Waals surface area contributed by atoms with Gasteiger partial charge in [0.25, 0.3) is 0 Å². The van der Waals surface area contributed by atoms with Gasteiger partial charge in [-0.2, -0.15) is 0 Å². The van der Waals surface area contributed by atoms with E-state index in [1.807, 2.05) is 0 Å². The van der Waals surface area contributed by atoms with E-state index in [1.165, 1.54) is 0 Å². The lowest BCUT2D eigenvalue weighted by atomic mass is 9.93. The van der Waals surface area contributed by atoms with E-state index >= 15 is 0 Å². The first-order valence-electron chi connectivity index (χ1n) is 7.12. The molecule has 0 aromatic carbocycles. The monoisotopic (exact) mass is 268 g/mol. The number of hydrogen-bond acceptors (Lipinski definition) is 3. The molecule has 0 bridgehead atoms. The lowest BCUT2D eigenvalue weighted by Gasteiger charge is -2.22. The minimum Gasteiger partial charge on any atom is -0.378 e. The van der Waals surface area contributed by atoms with E-state index < -0.39 is 0 Å². The van der Waals surface area contributed by atoms with E-state index in [-0.39, 0.29) is 23.8 Å². The molecule has 0 aromatic heterocycles. The summed E-state index contributed by atoms with van der Waals surface area (Å²) in [6.45, 7) is 6.29. The Bertz CT molecular complexity index is 357. The van der Waals surface area contributed by atoms with Crippen LogP contribution in [0.3, 0.4) is 0 Å². The first-order chi connectivity index (χ1) is 8.99. The molecule has 0 saturated carbocycles. The largest absolute Gasteiger partial charge is 0.378 e. The van der Waals surface area contributed by atoms with Crippen LogP contribution in [0.4, 0.5) is 0 Å². The highest BCUT2D eigenvalue weighted by molar-refractivity contribution is 5.89. The van der Waals surface area contributed by atoms with Gasteiger partial charge in [-0.15, -0.1) is 0 Å². The summed E-state index contributed by atoms with van der Waals surface area (Å²) in [6.07, 6.45) is 1.59. The Morgan fingerprint density at radius 3 is 2.84 bits per heavy atom. The lowest BCUT2D eigenvalue weighted by Crippen LogP contribution is -2.38. The van der Waals surface area contributed by atoms with Crippen LogP contribution < -0.4 is 5.32 Å². The number of likely N-dealkylation sites (tertiary alicyclic amines) is 1. The second kappa shape index (κ2) is 5.90. The van der Waals surface area contributed by atoms with Crippen molar-refractivity contribution in [2.75, 3.05) is 26.7 Å². The van der Waals surface area contributed by atoms with Gasteiger partial charge >= 0.3 is 0 Å². The molecule has 1 N–H and O–H groups in total. The highest BCUT2D eigenvalue weighted by atomic mass is 16.5. The summed E-state index contributed by atoms with van der Waals surface area (Å²) in [7, 11) is 1.75. The minimum absolute atomic E-state index is 0.00658. The van der Waals surface area contributed by atoms with Gasteiger partial charge < -0.3 is 15.0 Å². The summed E-state index contributed by atoms with van der Waals surface area (Å²) < 4.78 is 5.71. The van der Waals surface area contributed by atoms with Crippen molar-refractivity contribution in [2.24, 2.45) is 17.8 Å². The van der Waals surface area contributed by atoms with E-state index in [1.54, 1.807) is 11.9 Å². The van der Waals surface area contributed by atoms with Gasteiger partial charge in [-0.3, -0.25) is 9.59 Å². The molecule has 2 aliphatic heterocycles. The van der Waals surface area contributed by atoms with Gasteiger partial charge in [0.15, 0.2) is 0 Å². The molecule has 0 unspecified atom stereocenters. The molecule has 0 aliphatic carbocycles. The summed E-state index contributed by atoms with van der Waals surface area (Å²) in [5, 5.41) is 2.99. The van der Waals surface area contributed by atoms with Gasteiger partial charge in [0.1, 0.15) is 0 Å². The third kappa shape index (κ3) is 3.26. The second-order valence-electron chi connectivity index (χ2n) is 6.05. The summed E-state index contributed by atoms with van der Waals surface area (Å²) >= 11 is 0. The Labute approximate surface area is 114 Å². The zero-order valence-corrected chi connectivity index (χ0v) is 12.0. The van der Waals surface area contributed by atoms with E-state index in [0.717, 1.165) is 13.0 Å². The van der Waals surface area contributed by atoms with Crippen LogP contribution in [0, 0.1) is 17.8 Å². The maximum Gasteiger partial charge on any atom is 0.225 e. The Morgan fingerprint density at radius 2 is 2.26 bits per heavy atom. The highest BCUT2D eigenvalue weighted by Gasteiger charge is 2.34. The number of carbonyl (C=O) groups excluding carboxylic acids is 2. The van der Waals surface area contributed by atoms with Crippen LogP contribution >= 0.6 is 0 Å². The van der Waals surface area contributed by atoms with Crippen LogP contribution in [0.5, 0.6) is 0 Å². The Morgan fingerprint density at radius 1 is 1.53 bits per heavy atom. The number of amides is 2. The van der Waals surface area contributed by atoms with Crippen LogP contribution in [-0.2, 0) is 14.3 Å². The standard InChI is InChI=1S/C14H24N2O3/c1-9(2)13-10(4-5-19-13)7-15-14(18)11-6-12(17)16(3)8-11/h9-11,13H,4-8H2,1-3H3,(H,15,18)/t10-,11+,13-/m1/s1. The molecule has 2 saturated heterocycles. The average molecular weight is 268 g/mol. The van der Waals surface area contributed by atoms with Crippen molar-refractivity contribution in [1.29, 1.82) is 0 Å². The number of rotatable bonds is 4. The smallest absolute Gasteiger partial charge is 0.225 e. The second-order valence-corrected chi connectivity index (χ2v) is 6.05. The van der Waals surface area contributed by atoms with Crippen molar-refractivity contribution in [3.63, 3.8) is 0 Å². The number of nitrogens with one attached hydrogen (secondary N) is 1. The van der Waals surface area contributed by atoms with Crippen molar-refractivity contribution in [3.05, 3.63) is 0 Å². The van der Waals surface area contributed by atoms with Crippen molar-refractivity contribution < 1.29 is 14.3 Å². The number of carbonyl (C=O) groups is 2. The van der Waals surface area contributed by atoms with Gasteiger partial charge in [-0.05, 0) is 12.3 Å². The SMILES string of the molecule is CC(C)[C@H]1OCC[C@@H]1CNC(=O)[C@H]1CC(=O)N(C)C1. The maximum atomic E-state index is 12.0. The number of nitrogens with zero attached hydrogens (tertiary/aromatic N) is 1. The Balaban J connectivity index is 1.79. The third-order valence-electron chi connectivity index (χ3n) is 4.17. The first kappa shape index (κ1) is 14.3. The van der Waals surface area contributed by atoms with Gasteiger partial charge in [0.05, 0.1) is 12.0 Å². The number of hydrogen-bond donors (Lipinski definition) is 1. The fourth-order valence-electron chi connectivity index (χ4n) is 3.03. The molecule has 5 nitrogen and oxygen atoms in total. The van der Waals surface area contributed by atoms with Gasteiger partial charge in [0, 0.05) is 39.1 Å². The molecule has 2 aliphatic rings. The Hall–Kier alpha value is -1.10. The quantitative estimate of drug-likeness (QED) is 0.814. The Kier molecular flexibility index (Phi) is 4.45. The van der Waals surface area contributed by atoms with E-state index in [0.29, 0.717) is 31.3 Å². The van der Waals surface area contributed by atoms with E-state index in [9.17, 15) is 9.59 Å². The van der Waals surface area contributed by atoms with Crippen molar-refractivity contribution in [2.45, 2.75) is 32.8 Å². The molecule has 108 valence electrons. The fraction of sp³-hybridized carbons (Fsp3) is 0.857. The number of ether oxygens (including phenoxy) is 1. The first-order valence-corrected chi connectivity index (χ1v) is 7.12. The molecule has 0 spiro atoms. The molecule has 0 radical (unpaired) electrons. The van der Waals surface area contributed by atoms with E-state index in [4.69, 9.17) is 4.74 Å². The van der Waals surface area contributed by atoms with Crippen LogP contribution in [0.15, 0.2) is 0 Å². The van der Waals surface area contributed by atoms with Crippen molar-refractivity contribution in [1.82, 2.24) is 10.2 Å². The molecule has 19 heavy (non-hydrogen) atoms. The topological polar surface area (TPSA) is 58.6 Å². The van der Waals surface area contributed by atoms with Crippen LogP contribution in [-0.4, -0.2) is 49.6 Å². The maximum absolute atomic E-state index is 12.0. The van der Waals surface area contributed by atoms with Crippen LogP contribution in [0.2, 0.25) is 0 Å². The molecule has 3 atom stereocenters. The zero-order chi connectivity index (χ0) is 14.0. The summed E-state index contributed by atoms with van der Waals surface area (Å²) in [6, 6.07) is 0. The molecule has 2 amide bonds. The van der Waals surface area contributed by atoms with Gasteiger partial charge in [0.2, 0.25) is 11.8 Å². The van der Waals surface area contributed by atoms with E-state index in [2.05, 4.69) is 19.2 Å². The van der Waals surface area contributed by atoms with Gasteiger partial charge in [-0.1, -0.05) is 13.8 Å². The summed E-state index contributed by atoms with van der Waals surface area (Å²) in [4.78, 5) is 25.1. The third-order valence-corrected chi connectivity index (χ3v) is 4.17. The molecule has 2 rings (SSSR count). The zero-order valence-electron chi connectivity index (χ0n) is 12.0. The van der Waals surface area contributed by atoms with Gasteiger partial charge in [-0.25, -0.2) is 0 Å². The summed E-state index contributed by atoms with van der Waals surface area (Å²) in [5.74, 6) is 0.760. The molecular weight excluding hydrogens is 244 g/mol. The highest BCUT2D eigenvalue weighted by Crippen LogP contribution is 2.26. The molecule has 5 heteroatoms.